The van der Waals surface area contributed by atoms with Crippen LogP contribution in [0.25, 0.3) is 0 Å². The number of carboxylic acid groups (broad SMARTS) is 1. The number of hydrogen-bond donors (Lipinski definition) is 1. The maximum absolute atomic E-state index is 10.5. The van der Waals surface area contributed by atoms with Gasteiger partial charge in [0.1, 0.15) is 5.75 Å². The van der Waals surface area contributed by atoms with E-state index in [9.17, 15) is 4.79 Å². The van der Waals surface area contributed by atoms with Gasteiger partial charge in [0, 0.05) is 19.1 Å². The highest BCUT2D eigenvalue weighted by molar-refractivity contribution is 5.66. The zero-order chi connectivity index (χ0) is 12.7. The third-order valence-electron chi connectivity index (χ3n) is 2.58. The Morgan fingerprint density at radius 3 is 2.71 bits per heavy atom. The molecule has 1 aromatic carbocycles. The van der Waals surface area contributed by atoms with Crippen LogP contribution in [0.4, 0.5) is 0 Å². The Balaban J connectivity index is 2.78. The molecule has 0 aliphatic rings. The van der Waals surface area contributed by atoms with E-state index in [2.05, 4.69) is 0 Å². The van der Waals surface area contributed by atoms with Crippen molar-refractivity contribution in [2.75, 3.05) is 14.2 Å². The second kappa shape index (κ2) is 6.91. The lowest BCUT2D eigenvalue weighted by molar-refractivity contribution is -0.137. The lowest BCUT2D eigenvalue weighted by atomic mass is 10.0. The Morgan fingerprint density at radius 2 is 2.12 bits per heavy atom. The van der Waals surface area contributed by atoms with Crippen molar-refractivity contribution in [1.82, 2.24) is 0 Å². The van der Waals surface area contributed by atoms with Crippen molar-refractivity contribution in [2.24, 2.45) is 0 Å². The van der Waals surface area contributed by atoms with Crippen LogP contribution < -0.4 is 4.74 Å². The molecule has 0 atom stereocenters. The van der Waals surface area contributed by atoms with Crippen LogP contribution in [-0.4, -0.2) is 25.3 Å². The van der Waals surface area contributed by atoms with Gasteiger partial charge in [-0.25, -0.2) is 0 Å². The molecule has 0 aliphatic heterocycles. The first-order valence-corrected chi connectivity index (χ1v) is 5.54. The summed E-state index contributed by atoms with van der Waals surface area (Å²) in [6.07, 6.45) is 1.53. The van der Waals surface area contributed by atoms with Crippen LogP contribution >= 0.6 is 0 Å². The summed E-state index contributed by atoms with van der Waals surface area (Å²) in [6, 6.07) is 5.78. The van der Waals surface area contributed by atoms with E-state index in [0.29, 0.717) is 13.0 Å². The molecular formula is C13H18O4. The SMILES string of the molecule is COCc1c(CCCC(=O)O)cccc1OC. The normalized spacial score (nSPS) is 10.2. The summed E-state index contributed by atoms with van der Waals surface area (Å²) >= 11 is 0. The van der Waals surface area contributed by atoms with Crippen LogP contribution in [0.5, 0.6) is 5.75 Å². The zero-order valence-electron chi connectivity index (χ0n) is 10.2. The minimum absolute atomic E-state index is 0.184. The molecule has 17 heavy (non-hydrogen) atoms. The van der Waals surface area contributed by atoms with Crippen molar-refractivity contribution in [1.29, 1.82) is 0 Å². The number of methoxy groups -OCH3 is 2. The average Bonchev–Trinajstić information content (AvgIpc) is 2.30. The van der Waals surface area contributed by atoms with Crippen LogP contribution in [0.15, 0.2) is 18.2 Å². The molecule has 0 fully saturated rings. The highest BCUT2D eigenvalue weighted by Gasteiger charge is 2.09. The standard InChI is InChI=1S/C13H18O4/c1-16-9-11-10(6-4-8-13(14)15)5-3-7-12(11)17-2/h3,5,7H,4,6,8-9H2,1-2H3,(H,14,15). The summed E-state index contributed by atoms with van der Waals surface area (Å²) in [5, 5.41) is 8.62. The summed E-state index contributed by atoms with van der Waals surface area (Å²) < 4.78 is 10.4. The van der Waals surface area contributed by atoms with E-state index < -0.39 is 5.97 Å². The van der Waals surface area contributed by atoms with Gasteiger partial charge >= 0.3 is 5.97 Å². The lowest BCUT2D eigenvalue weighted by Crippen LogP contribution is -2.02. The molecule has 1 N–H and O–H groups in total. The van der Waals surface area contributed by atoms with Gasteiger partial charge in [0.05, 0.1) is 13.7 Å². The molecule has 0 unspecified atom stereocenters. The third kappa shape index (κ3) is 4.07. The van der Waals surface area contributed by atoms with Gasteiger partial charge in [0.25, 0.3) is 0 Å². The fraction of sp³-hybridized carbons (Fsp3) is 0.462. The van der Waals surface area contributed by atoms with Crippen molar-refractivity contribution in [3.8, 4) is 5.75 Å². The monoisotopic (exact) mass is 238 g/mol. The molecule has 94 valence electrons. The third-order valence-corrected chi connectivity index (χ3v) is 2.58. The van der Waals surface area contributed by atoms with E-state index in [1.54, 1.807) is 14.2 Å². The zero-order valence-corrected chi connectivity index (χ0v) is 10.2. The van der Waals surface area contributed by atoms with Gasteiger partial charge in [-0.2, -0.15) is 0 Å². The first-order chi connectivity index (χ1) is 8.19. The Morgan fingerprint density at radius 1 is 1.35 bits per heavy atom. The van der Waals surface area contributed by atoms with Gasteiger partial charge in [-0.05, 0) is 24.5 Å². The number of aliphatic carboxylic acids is 1. The van der Waals surface area contributed by atoms with E-state index in [0.717, 1.165) is 23.3 Å². The molecule has 4 nitrogen and oxygen atoms in total. The van der Waals surface area contributed by atoms with Crippen LogP contribution in [0.2, 0.25) is 0 Å². The molecule has 1 rings (SSSR count). The van der Waals surface area contributed by atoms with Crippen molar-refractivity contribution < 1.29 is 19.4 Å². The average molecular weight is 238 g/mol. The summed E-state index contributed by atoms with van der Waals surface area (Å²) in [4.78, 5) is 10.5. The van der Waals surface area contributed by atoms with Crippen LogP contribution in [0, 0.1) is 0 Å². The molecular weight excluding hydrogens is 220 g/mol. The number of rotatable bonds is 7. The molecule has 0 saturated carbocycles. The van der Waals surface area contributed by atoms with Crippen LogP contribution in [-0.2, 0) is 22.6 Å². The lowest BCUT2D eigenvalue weighted by Gasteiger charge is -2.12. The summed E-state index contributed by atoms with van der Waals surface area (Å²) in [6.45, 7) is 0.479. The number of hydrogen-bond acceptors (Lipinski definition) is 3. The topological polar surface area (TPSA) is 55.8 Å². The van der Waals surface area contributed by atoms with Crippen molar-refractivity contribution in [3.63, 3.8) is 0 Å². The molecule has 0 saturated heterocycles. The van der Waals surface area contributed by atoms with E-state index in [1.165, 1.54) is 0 Å². The number of carbonyl (C=O) groups is 1. The second-order valence-corrected chi connectivity index (χ2v) is 3.78. The van der Waals surface area contributed by atoms with Crippen molar-refractivity contribution in [3.05, 3.63) is 29.3 Å². The molecule has 4 heteroatoms. The molecule has 0 spiro atoms. The fourth-order valence-corrected chi connectivity index (χ4v) is 1.77. The van der Waals surface area contributed by atoms with Crippen molar-refractivity contribution >= 4 is 5.97 Å². The molecule has 1 aromatic rings. The number of benzene rings is 1. The summed E-state index contributed by atoms with van der Waals surface area (Å²) in [5.74, 6) is 0.0286. The smallest absolute Gasteiger partial charge is 0.303 e. The van der Waals surface area contributed by atoms with Gasteiger partial charge < -0.3 is 14.6 Å². The first-order valence-electron chi connectivity index (χ1n) is 5.54. The Bertz CT molecular complexity index is 374. The van der Waals surface area contributed by atoms with Gasteiger partial charge in [-0.1, -0.05) is 12.1 Å². The van der Waals surface area contributed by atoms with E-state index in [-0.39, 0.29) is 6.42 Å². The minimum Gasteiger partial charge on any atom is -0.496 e. The maximum Gasteiger partial charge on any atom is 0.303 e. The van der Waals surface area contributed by atoms with E-state index >= 15 is 0 Å². The number of aryl methyl sites for hydroxylation is 1. The predicted molar refractivity (Wildman–Crippen MR) is 64.3 cm³/mol. The number of ether oxygens (including phenoxy) is 2. The quantitative estimate of drug-likeness (QED) is 0.791. The number of carboxylic acids is 1. The van der Waals surface area contributed by atoms with Gasteiger partial charge in [0.15, 0.2) is 0 Å². The highest BCUT2D eigenvalue weighted by Crippen LogP contribution is 2.24. The Hall–Kier alpha value is -1.55. The van der Waals surface area contributed by atoms with E-state index in [1.807, 2.05) is 18.2 Å². The summed E-state index contributed by atoms with van der Waals surface area (Å²) in [5.41, 5.74) is 2.09. The Kier molecular flexibility index (Phi) is 5.49. The first kappa shape index (κ1) is 13.5. The maximum atomic E-state index is 10.5. The molecule has 0 aliphatic carbocycles. The van der Waals surface area contributed by atoms with Gasteiger partial charge in [-0.15, -0.1) is 0 Å². The molecule has 0 heterocycles. The molecule has 0 amide bonds. The predicted octanol–water partition coefficient (Wildman–Crippen LogP) is 2.25. The van der Waals surface area contributed by atoms with Gasteiger partial charge in [-0.3, -0.25) is 4.79 Å². The molecule has 0 aromatic heterocycles. The fourth-order valence-electron chi connectivity index (χ4n) is 1.77. The minimum atomic E-state index is -0.763. The molecule has 0 radical (unpaired) electrons. The van der Waals surface area contributed by atoms with Crippen LogP contribution in [0.1, 0.15) is 24.0 Å². The largest absolute Gasteiger partial charge is 0.496 e. The van der Waals surface area contributed by atoms with E-state index in [4.69, 9.17) is 14.6 Å². The highest BCUT2D eigenvalue weighted by atomic mass is 16.5. The van der Waals surface area contributed by atoms with Crippen LogP contribution in [0.3, 0.4) is 0 Å². The van der Waals surface area contributed by atoms with Gasteiger partial charge in [0.2, 0.25) is 0 Å². The van der Waals surface area contributed by atoms with Crippen molar-refractivity contribution in [2.45, 2.75) is 25.9 Å². The Labute approximate surface area is 101 Å². The second-order valence-electron chi connectivity index (χ2n) is 3.78. The summed E-state index contributed by atoms with van der Waals surface area (Å²) in [7, 11) is 3.25. The molecule has 0 bridgehead atoms.